The smallest absolute Gasteiger partial charge is 0.251 e. The lowest BCUT2D eigenvalue weighted by atomic mass is 10.2. The molecule has 23 heavy (non-hydrogen) atoms. The van der Waals surface area contributed by atoms with Crippen molar-refractivity contribution in [3.8, 4) is 5.75 Å². The number of nitrogens with zero attached hydrogens (tertiary/aromatic N) is 1. The summed E-state index contributed by atoms with van der Waals surface area (Å²) < 4.78 is 11.0. The highest BCUT2D eigenvalue weighted by molar-refractivity contribution is 5.85. The minimum absolute atomic E-state index is 0. The minimum Gasteiger partial charge on any atom is -0.497 e. The topological polar surface area (TPSA) is 50.8 Å². The van der Waals surface area contributed by atoms with Crippen LogP contribution in [0.15, 0.2) is 24.3 Å². The van der Waals surface area contributed by atoms with Gasteiger partial charge in [0.25, 0.3) is 5.91 Å². The van der Waals surface area contributed by atoms with Crippen molar-refractivity contribution in [2.24, 2.45) is 0 Å². The first-order chi connectivity index (χ1) is 10.7. The van der Waals surface area contributed by atoms with E-state index in [1.807, 2.05) is 43.1 Å². The molecular weight excluding hydrogens is 316 g/mol. The van der Waals surface area contributed by atoms with Crippen molar-refractivity contribution in [2.75, 3.05) is 27.2 Å². The number of amides is 1. The molecule has 2 rings (SSSR count). The minimum atomic E-state index is -0.427. The van der Waals surface area contributed by atoms with E-state index in [2.05, 4.69) is 5.32 Å². The second kappa shape index (κ2) is 9.75. The molecule has 1 aromatic rings. The van der Waals surface area contributed by atoms with Gasteiger partial charge in [-0.15, -0.1) is 12.4 Å². The Balaban J connectivity index is 0.00000264. The van der Waals surface area contributed by atoms with E-state index in [9.17, 15) is 4.79 Å². The number of halogens is 1. The predicted molar refractivity (Wildman–Crippen MR) is 93.2 cm³/mol. The van der Waals surface area contributed by atoms with Gasteiger partial charge in [0, 0.05) is 19.1 Å². The highest BCUT2D eigenvalue weighted by Gasteiger charge is 2.31. The lowest BCUT2D eigenvalue weighted by Crippen LogP contribution is -2.45. The average molecular weight is 343 g/mol. The average Bonchev–Trinajstić information content (AvgIpc) is 3.00. The molecule has 1 N–H and O–H groups in total. The summed E-state index contributed by atoms with van der Waals surface area (Å²) in [5.74, 6) is 0.884. The number of hydrogen-bond acceptors (Lipinski definition) is 4. The van der Waals surface area contributed by atoms with Crippen molar-refractivity contribution in [2.45, 2.75) is 38.5 Å². The molecule has 0 aromatic heterocycles. The molecule has 0 aliphatic carbocycles. The van der Waals surface area contributed by atoms with Crippen molar-refractivity contribution in [1.29, 1.82) is 0 Å². The van der Waals surface area contributed by atoms with E-state index < -0.39 is 6.10 Å². The lowest BCUT2D eigenvalue weighted by Gasteiger charge is -2.27. The van der Waals surface area contributed by atoms with Crippen LogP contribution in [0.4, 0.5) is 0 Å². The Morgan fingerprint density at radius 1 is 1.48 bits per heavy atom. The van der Waals surface area contributed by atoms with Gasteiger partial charge in [0.1, 0.15) is 11.9 Å². The summed E-state index contributed by atoms with van der Waals surface area (Å²) in [4.78, 5) is 14.5. The third-order valence-corrected chi connectivity index (χ3v) is 4.08. The molecule has 1 amide bonds. The van der Waals surface area contributed by atoms with Crippen LogP contribution in [0.3, 0.4) is 0 Å². The zero-order valence-corrected chi connectivity index (χ0v) is 14.9. The van der Waals surface area contributed by atoms with Gasteiger partial charge in [-0.1, -0.05) is 12.1 Å². The van der Waals surface area contributed by atoms with E-state index in [0.29, 0.717) is 12.6 Å². The van der Waals surface area contributed by atoms with Gasteiger partial charge in [-0.25, -0.2) is 0 Å². The normalized spacial score (nSPS) is 18.4. The van der Waals surface area contributed by atoms with Crippen molar-refractivity contribution < 1.29 is 14.3 Å². The molecule has 1 aliphatic heterocycles. The first-order valence-electron chi connectivity index (χ1n) is 7.85. The van der Waals surface area contributed by atoms with Gasteiger partial charge in [-0.3, -0.25) is 4.79 Å². The molecule has 1 heterocycles. The second-order valence-electron chi connectivity index (χ2n) is 5.69. The standard InChI is InChI=1S/C17H26N2O3.ClH/c1-13(17(20)19-9-5-7-15(19)11-18-2)22-12-14-6-4-8-16(10-14)21-3;/h4,6,8,10,13,15,18H,5,7,9,11-12H2,1-3H3;1H. The van der Waals surface area contributed by atoms with E-state index in [1.165, 1.54) is 0 Å². The molecule has 1 fully saturated rings. The molecule has 1 aliphatic rings. The van der Waals surface area contributed by atoms with Crippen molar-refractivity contribution in [3.63, 3.8) is 0 Å². The van der Waals surface area contributed by atoms with Crippen LogP contribution in [0.2, 0.25) is 0 Å². The van der Waals surface area contributed by atoms with Gasteiger partial charge in [-0.2, -0.15) is 0 Å². The SMILES string of the molecule is CNCC1CCCN1C(=O)C(C)OCc1cccc(OC)c1.Cl. The summed E-state index contributed by atoms with van der Waals surface area (Å²) in [7, 11) is 3.56. The fourth-order valence-electron chi connectivity index (χ4n) is 2.86. The molecule has 6 heteroatoms. The Morgan fingerprint density at radius 2 is 2.26 bits per heavy atom. The van der Waals surface area contributed by atoms with Gasteiger partial charge in [0.2, 0.25) is 0 Å². The summed E-state index contributed by atoms with van der Waals surface area (Å²) in [5.41, 5.74) is 1.01. The highest BCUT2D eigenvalue weighted by atomic mass is 35.5. The zero-order chi connectivity index (χ0) is 15.9. The number of carbonyl (C=O) groups excluding carboxylic acids is 1. The Hall–Kier alpha value is -1.30. The summed E-state index contributed by atoms with van der Waals surface area (Å²) >= 11 is 0. The number of carbonyl (C=O) groups is 1. The maximum atomic E-state index is 12.5. The maximum absolute atomic E-state index is 12.5. The molecule has 1 aromatic carbocycles. The number of benzene rings is 1. The summed E-state index contributed by atoms with van der Waals surface area (Å²) in [6.07, 6.45) is 1.71. The Kier molecular flexibility index (Phi) is 8.37. The monoisotopic (exact) mass is 342 g/mol. The third-order valence-electron chi connectivity index (χ3n) is 4.08. The third kappa shape index (κ3) is 5.37. The molecule has 2 unspecified atom stereocenters. The fraction of sp³-hybridized carbons (Fsp3) is 0.588. The molecule has 0 saturated carbocycles. The van der Waals surface area contributed by atoms with E-state index in [-0.39, 0.29) is 18.3 Å². The first kappa shape index (κ1) is 19.7. The van der Waals surface area contributed by atoms with Crippen LogP contribution in [0.25, 0.3) is 0 Å². The first-order valence-corrected chi connectivity index (χ1v) is 7.85. The van der Waals surface area contributed by atoms with Crippen molar-refractivity contribution in [3.05, 3.63) is 29.8 Å². The summed E-state index contributed by atoms with van der Waals surface area (Å²) in [6, 6.07) is 8.01. The number of likely N-dealkylation sites (N-methyl/N-ethyl adjacent to an activating group) is 1. The van der Waals surface area contributed by atoms with Crippen LogP contribution >= 0.6 is 12.4 Å². The van der Waals surface area contributed by atoms with Gasteiger partial charge in [0.15, 0.2) is 0 Å². The van der Waals surface area contributed by atoms with Crippen LogP contribution < -0.4 is 10.1 Å². The maximum Gasteiger partial charge on any atom is 0.251 e. The Bertz CT molecular complexity index is 498. The van der Waals surface area contributed by atoms with Crippen molar-refractivity contribution in [1.82, 2.24) is 10.2 Å². The van der Waals surface area contributed by atoms with Crippen LogP contribution in [-0.4, -0.2) is 50.2 Å². The lowest BCUT2D eigenvalue weighted by molar-refractivity contribution is -0.144. The number of nitrogens with one attached hydrogen (secondary N) is 1. The van der Waals surface area contributed by atoms with Gasteiger partial charge < -0.3 is 19.7 Å². The molecule has 2 atom stereocenters. The molecule has 1 saturated heterocycles. The van der Waals surface area contributed by atoms with E-state index in [0.717, 1.165) is 37.2 Å². The van der Waals surface area contributed by atoms with Crippen LogP contribution in [-0.2, 0) is 16.1 Å². The molecule has 130 valence electrons. The van der Waals surface area contributed by atoms with Gasteiger partial charge in [0.05, 0.1) is 13.7 Å². The van der Waals surface area contributed by atoms with Crippen LogP contribution in [0.1, 0.15) is 25.3 Å². The predicted octanol–water partition coefficient (Wildman–Crippen LogP) is 2.23. The van der Waals surface area contributed by atoms with Crippen LogP contribution in [0, 0.1) is 0 Å². The molecule has 5 nitrogen and oxygen atoms in total. The number of hydrogen-bond donors (Lipinski definition) is 1. The van der Waals surface area contributed by atoms with Crippen LogP contribution in [0.5, 0.6) is 5.75 Å². The number of rotatable bonds is 7. The van der Waals surface area contributed by atoms with Gasteiger partial charge >= 0.3 is 0 Å². The van der Waals surface area contributed by atoms with E-state index >= 15 is 0 Å². The van der Waals surface area contributed by atoms with E-state index in [4.69, 9.17) is 9.47 Å². The number of ether oxygens (including phenoxy) is 2. The molecular formula is C17H27ClN2O3. The second-order valence-corrected chi connectivity index (χ2v) is 5.69. The van der Waals surface area contributed by atoms with Crippen molar-refractivity contribution >= 4 is 18.3 Å². The fourth-order valence-corrected chi connectivity index (χ4v) is 2.86. The Labute approximate surface area is 144 Å². The van der Waals surface area contributed by atoms with E-state index in [1.54, 1.807) is 7.11 Å². The van der Waals surface area contributed by atoms with Gasteiger partial charge in [-0.05, 0) is 44.5 Å². The summed E-state index contributed by atoms with van der Waals surface area (Å²) in [6.45, 7) is 3.91. The molecule has 0 bridgehead atoms. The number of methoxy groups -OCH3 is 1. The highest BCUT2D eigenvalue weighted by Crippen LogP contribution is 2.19. The summed E-state index contributed by atoms with van der Waals surface area (Å²) in [5, 5.41) is 3.16. The Morgan fingerprint density at radius 3 is 2.96 bits per heavy atom. The zero-order valence-electron chi connectivity index (χ0n) is 14.1. The molecule has 0 spiro atoms. The molecule has 0 radical (unpaired) electrons. The quantitative estimate of drug-likeness (QED) is 0.825. The largest absolute Gasteiger partial charge is 0.497 e. The number of likely N-dealkylation sites (tertiary alicyclic amines) is 1.